The first kappa shape index (κ1) is 15.5. The maximum Gasteiger partial charge on any atom is 0.306 e. The van der Waals surface area contributed by atoms with Crippen molar-refractivity contribution in [1.29, 1.82) is 0 Å². The minimum atomic E-state index is -0.573. The van der Waals surface area contributed by atoms with E-state index in [4.69, 9.17) is 0 Å². The van der Waals surface area contributed by atoms with E-state index in [-0.39, 0.29) is 5.92 Å². The number of hydrogen-bond acceptors (Lipinski definition) is 1. The molecule has 1 aliphatic carbocycles. The highest BCUT2D eigenvalue weighted by molar-refractivity contribution is 5.69. The van der Waals surface area contributed by atoms with Crippen LogP contribution in [0.15, 0.2) is 0 Å². The molecule has 2 heteroatoms. The van der Waals surface area contributed by atoms with Gasteiger partial charge >= 0.3 is 5.97 Å². The highest BCUT2D eigenvalue weighted by Gasteiger charge is 2.17. The van der Waals surface area contributed by atoms with Gasteiger partial charge in [-0.3, -0.25) is 4.79 Å². The van der Waals surface area contributed by atoms with Crippen LogP contribution in [0.2, 0.25) is 0 Å². The molecular formula is C16H30O2. The lowest BCUT2D eigenvalue weighted by Gasteiger charge is -2.14. The van der Waals surface area contributed by atoms with Crippen molar-refractivity contribution in [2.75, 3.05) is 0 Å². The molecule has 0 aromatic rings. The molecular weight excluding hydrogens is 224 g/mol. The summed E-state index contributed by atoms with van der Waals surface area (Å²) in [5.74, 6) is 0.269. The predicted octanol–water partition coefficient (Wildman–Crippen LogP) is 5.02. The third-order valence-corrected chi connectivity index (χ3v) is 4.51. The summed E-state index contributed by atoms with van der Waals surface area (Å²) in [6, 6.07) is 0. The largest absolute Gasteiger partial charge is 0.481 e. The summed E-state index contributed by atoms with van der Waals surface area (Å²) in [5.41, 5.74) is 0. The molecule has 0 aromatic heterocycles. The Morgan fingerprint density at radius 1 is 0.889 bits per heavy atom. The van der Waals surface area contributed by atoms with Gasteiger partial charge in [0.15, 0.2) is 0 Å². The standard InChI is InChI=1S/C16H30O2/c1-2-14-10-6-3-4-8-12-15(16(17)18)13-9-5-7-11-14/h14-15H,2-13H2,1H3,(H,17,18)/t14?,15-/m1/s1. The first-order chi connectivity index (χ1) is 8.74. The second-order valence-corrected chi connectivity index (χ2v) is 5.94. The van der Waals surface area contributed by atoms with Gasteiger partial charge in [-0.1, -0.05) is 71.1 Å². The Hall–Kier alpha value is -0.530. The van der Waals surface area contributed by atoms with Crippen LogP contribution in [0.3, 0.4) is 0 Å². The van der Waals surface area contributed by atoms with Gasteiger partial charge in [0.1, 0.15) is 0 Å². The van der Waals surface area contributed by atoms with Gasteiger partial charge < -0.3 is 5.11 Å². The van der Waals surface area contributed by atoms with Crippen LogP contribution in [0.25, 0.3) is 0 Å². The molecule has 2 atom stereocenters. The van der Waals surface area contributed by atoms with Gasteiger partial charge in [0.05, 0.1) is 5.92 Å². The molecule has 0 aromatic carbocycles. The van der Waals surface area contributed by atoms with E-state index < -0.39 is 5.97 Å². The van der Waals surface area contributed by atoms with Crippen LogP contribution in [0, 0.1) is 11.8 Å². The molecule has 0 spiro atoms. The van der Waals surface area contributed by atoms with E-state index in [0.717, 1.165) is 31.6 Å². The van der Waals surface area contributed by atoms with Crippen molar-refractivity contribution in [1.82, 2.24) is 0 Å². The van der Waals surface area contributed by atoms with E-state index in [1.54, 1.807) is 0 Å². The quantitative estimate of drug-likeness (QED) is 0.751. The van der Waals surface area contributed by atoms with E-state index in [9.17, 15) is 9.90 Å². The molecule has 2 nitrogen and oxygen atoms in total. The molecule has 0 radical (unpaired) electrons. The Balaban J connectivity index is 2.37. The highest BCUT2D eigenvalue weighted by atomic mass is 16.4. The molecule has 1 fully saturated rings. The molecule has 1 N–H and O–H groups in total. The average molecular weight is 254 g/mol. The van der Waals surface area contributed by atoms with Crippen molar-refractivity contribution in [2.45, 2.75) is 84.0 Å². The Morgan fingerprint density at radius 2 is 1.33 bits per heavy atom. The van der Waals surface area contributed by atoms with Crippen LogP contribution in [0.4, 0.5) is 0 Å². The second-order valence-electron chi connectivity index (χ2n) is 5.94. The normalized spacial score (nSPS) is 28.7. The fourth-order valence-electron chi connectivity index (χ4n) is 3.12. The Morgan fingerprint density at radius 3 is 1.78 bits per heavy atom. The van der Waals surface area contributed by atoms with E-state index in [2.05, 4.69) is 6.92 Å². The SMILES string of the molecule is CCC1CCCCCC[C@@H](C(=O)O)CCCCC1. The molecule has 0 bridgehead atoms. The van der Waals surface area contributed by atoms with Gasteiger partial charge in [-0.15, -0.1) is 0 Å². The molecule has 1 saturated carbocycles. The van der Waals surface area contributed by atoms with Gasteiger partial charge in [0.25, 0.3) is 0 Å². The molecule has 18 heavy (non-hydrogen) atoms. The van der Waals surface area contributed by atoms with Gasteiger partial charge in [-0.2, -0.15) is 0 Å². The van der Waals surface area contributed by atoms with E-state index in [1.807, 2.05) is 0 Å². The van der Waals surface area contributed by atoms with Crippen LogP contribution >= 0.6 is 0 Å². The van der Waals surface area contributed by atoms with Crippen molar-refractivity contribution < 1.29 is 9.90 Å². The number of hydrogen-bond donors (Lipinski definition) is 1. The third kappa shape index (κ3) is 6.42. The molecule has 0 saturated heterocycles. The zero-order chi connectivity index (χ0) is 13.2. The number of rotatable bonds is 2. The lowest BCUT2D eigenvalue weighted by molar-refractivity contribution is -0.142. The summed E-state index contributed by atoms with van der Waals surface area (Å²) in [7, 11) is 0. The lowest BCUT2D eigenvalue weighted by Crippen LogP contribution is -2.13. The number of carboxylic acid groups (broad SMARTS) is 1. The van der Waals surface area contributed by atoms with Crippen LogP contribution in [0.1, 0.15) is 84.0 Å². The summed E-state index contributed by atoms with van der Waals surface area (Å²) >= 11 is 0. The zero-order valence-electron chi connectivity index (χ0n) is 12.0. The van der Waals surface area contributed by atoms with Crippen molar-refractivity contribution >= 4 is 5.97 Å². The molecule has 1 aliphatic rings. The number of carbonyl (C=O) groups is 1. The third-order valence-electron chi connectivity index (χ3n) is 4.51. The maximum atomic E-state index is 11.1. The topological polar surface area (TPSA) is 37.3 Å². The molecule has 106 valence electrons. The highest BCUT2D eigenvalue weighted by Crippen LogP contribution is 2.24. The fraction of sp³-hybridized carbons (Fsp3) is 0.938. The molecule has 0 aliphatic heterocycles. The average Bonchev–Trinajstić information content (AvgIpc) is 2.38. The smallest absolute Gasteiger partial charge is 0.306 e. The van der Waals surface area contributed by atoms with Crippen molar-refractivity contribution in [3.05, 3.63) is 0 Å². The van der Waals surface area contributed by atoms with Gasteiger partial charge in [0, 0.05) is 0 Å². The first-order valence-corrected chi connectivity index (χ1v) is 7.96. The lowest BCUT2D eigenvalue weighted by atomic mass is 9.92. The minimum absolute atomic E-state index is 0.0762. The first-order valence-electron chi connectivity index (χ1n) is 7.96. The van der Waals surface area contributed by atoms with E-state index in [1.165, 1.54) is 51.4 Å². The van der Waals surface area contributed by atoms with Crippen LogP contribution in [-0.4, -0.2) is 11.1 Å². The molecule has 1 rings (SSSR count). The summed E-state index contributed by atoms with van der Waals surface area (Å²) in [6.07, 6.45) is 14.4. The van der Waals surface area contributed by atoms with Crippen molar-refractivity contribution in [3.63, 3.8) is 0 Å². The Labute approximate surface area is 112 Å². The zero-order valence-corrected chi connectivity index (χ0v) is 12.0. The van der Waals surface area contributed by atoms with Crippen molar-refractivity contribution in [3.8, 4) is 0 Å². The summed E-state index contributed by atoms with van der Waals surface area (Å²) in [4.78, 5) is 11.1. The van der Waals surface area contributed by atoms with E-state index >= 15 is 0 Å². The number of carboxylic acids is 1. The number of aliphatic carboxylic acids is 1. The Bertz CT molecular complexity index is 225. The molecule has 1 unspecified atom stereocenters. The summed E-state index contributed by atoms with van der Waals surface area (Å²) in [6.45, 7) is 2.31. The van der Waals surface area contributed by atoms with Crippen LogP contribution in [0.5, 0.6) is 0 Å². The van der Waals surface area contributed by atoms with Gasteiger partial charge in [0.2, 0.25) is 0 Å². The van der Waals surface area contributed by atoms with Crippen LogP contribution in [-0.2, 0) is 4.79 Å². The predicted molar refractivity (Wildman–Crippen MR) is 75.7 cm³/mol. The van der Waals surface area contributed by atoms with Crippen LogP contribution < -0.4 is 0 Å². The Kier molecular flexibility index (Phi) is 8.11. The molecule has 0 amide bonds. The van der Waals surface area contributed by atoms with Gasteiger partial charge in [-0.25, -0.2) is 0 Å². The maximum absolute atomic E-state index is 11.1. The minimum Gasteiger partial charge on any atom is -0.481 e. The molecule has 0 heterocycles. The summed E-state index contributed by atoms with van der Waals surface area (Å²) in [5, 5.41) is 9.18. The van der Waals surface area contributed by atoms with E-state index in [0.29, 0.717) is 0 Å². The van der Waals surface area contributed by atoms with Crippen molar-refractivity contribution in [2.24, 2.45) is 11.8 Å². The summed E-state index contributed by atoms with van der Waals surface area (Å²) < 4.78 is 0. The van der Waals surface area contributed by atoms with Gasteiger partial charge in [-0.05, 0) is 18.8 Å². The fourth-order valence-corrected chi connectivity index (χ4v) is 3.12. The second kappa shape index (κ2) is 9.41. The monoisotopic (exact) mass is 254 g/mol.